The number of rotatable bonds is 8. The first-order valence-corrected chi connectivity index (χ1v) is 9.61. The van der Waals surface area contributed by atoms with E-state index in [4.69, 9.17) is 4.74 Å². The molecule has 0 atom stereocenters. The van der Waals surface area contributed by atoms with Gasteiger partial charge in [0, 0.05) is 36.8 Å². The number of halogens is 3. The van der Waals surface area contributed by atoms with E-state index in [9.17, 15) is 23.3 Å². The summed E-state index contributed by atoms with van der Waals surface area (Å²) >= 11 is 0. The predicted molar refractivity (Wildman–Crippen MR) is 114 cm³/mol. The van der Waals surface area contributed by atoms with Gasteiger partial charge in [-0.05, 0) is 42.8 Å². The monoisotopic (exact) mass is 447 g/mol. The number of non-ortho nitro benzene ring substituents is 1. The summed E-state index contributed by atoms with van der Waals surface area (Å²) in [5, 5.41) is 13.4. The number of nitrogens with one attached hydrogen (secondary N) is 1. The molecule has 0 saturated heterocycles. The minimum Gasteiger partial charge on any atom is -0.494 e. The van der Waals surface area contributed by atoms with Crippen LogP contribution in [-0.4, -0.2) is 28.5 Å². The Hall–Kier alpha value is -3.89. The quantitative estimate of drug-likeness (QED) is 0.349. The Morgan fingerprint density at radius 2 is 1.78 bits per heavy atom. The van der Waals surface area contributed by atoms with Gasteiger partial charge in [0.15, 0.2) is 0 Å². The number of alkyl halides is 3. The molecule has 32 heavy (non-hydrogen) atoms. The van der Waals surface area contributed by atoms with Gasteiger partial charge in [0.2, 0.25) is 5.95 Å². The molecule has 11 heteroatoms. The molecule has 0 bridgehead atoms. The normalized spacial score (nSPS) is 11.2. The first kappa shape index (κ1) is 22.8. The van der Waals surface area contributed by atoms with E-state index in [2.05, 4.69) is 15.3 Å². The van der Waals surface area contributed by atoms with Gasteiger partial charge in [-0.2, -0.15) is 18.2 Å². The molecule has 0 aliphatic rings. The number of aromatic nitrogens is 2. The number of anilines is 4. The van der Waals surface area contributed by atoms with Gasteiger partial charge in [-0.1, -0.05) is 6.92 Å². The minimum absolute atomic E-state index is 0.0321. The average Bonchev–Trinajstić information content (AvgIpc) is 2.77. The summed E-state index contributed by atoms with van der Waals surface area (Å²) in [4.78, 5) is 19.6. The molecule has 3 aromatic rings. The number of hydrogen-bond donors (Lipinski definition) is 1. The van der Waals surface area contributed by atoms with Gasteiger partial charge < -0.3 is 15.0 Å². The summed E-state index contributed by atoms with van der Waals surface area (Å²) in [5.41, 5.74) is -0.377. The van der Waals surface area contributed by atoms with Gasteiger partial charge in [0.1, 0.15) is 17.1 Å². The zero-order valence-corrected chi connectivity index (χ0v) is 17.3. The molecule has 3 rings (SSSR count). The topological polar surface area (TPSA) is 93.4 Å². The minimum atomic E-state index is -4.70. The molecule has 0 aliphatic heterocycles. The molecule has 0 aliphatic carbocycles. The van der Waals surface area contributed by atoms with Crippen LogP contribution in [0.25, 0.3) is 0 Å². The van der Waals surface area contributed by atoms with Crippen molar-refractivity contribution in [1.29, 1.82) is 0 Å². The van der Waals surface area contributed by atoms with Crippen molar-refractivity contribution in [3.8, 4) is 5.75 Å². The van der Waals surface area contributed by atoms with Crippen LogP contribution in [0.4, 0.5) is 42.0 Å². The Bertz CT molecular complexity index is 1070. The molecule has 8 nitrogen and oxygen atoms in total. The second-order valence-electron chi connectivity index (χ2n) is 6.76. The van der Waals surface area contributed by atoms with Crippen molar-refractivity contribution >= 4 is 28.8 Å². The highest BCUT2D eigenvalue weighted by Crippen LogP contribution is 2.36. The second-order valence-corrected chi connectivity index (χ2v) is 6.76. The zero-order valence-electron chi connectivity index (χ0n) is 17.3. The Morgan fingerprint density at radius 3 is 2.34 bits per heavy atom. The van der Waals surface area contributed by atoms with Gasteiger partial charge in [-0.25, -0.2) is 4.98 Å². The summed E-state index contributed by atoms with van der Waals surface area (Å²) in [6, 6.07) is 12.0. The van der Waals surface area contributed by atoms with Crippen molar-refractivity contribution in [2.24, 2.45) is 0 Å². The summed E-state index contributed by atoms with van der Waals surface area (Å²) in [6.07, 6.45) is -3.13. The number of nitrogens with zero attached hydrogens (tertiary/aromatic N) is 4. The summed E-state index contributed by atoms with van der Waals surface area (Å²) < 4.78 is 46.0. The number of hydrogen-bond acceptors (Lipinski definition) is 7. The van der Waals surface area contributed by atoms with Crippen LogP contribution < -0.4 is 15.0 Å². The van der Waals surface area contributed by atoms with E-state index in [1.54, 1.807) is 31.3 Å². The van der Waals surface area contributed by atoms with Crippen molar-refractivity contribution in [2.45, 2.75) is 19.5 Å². The highest BCUT2D eigenvalue weighted by Gasteiger charge is 2.35. The van der Waals surface area contributed by atoms with Crippen LogP contribution in [0.1, 0.15) is 18.9 Å². The Labute approximate surface area is 181 Å². The SMILES string of the molecule is CCCOc1ccc(N(C)c2ncc(C(F)(F)F)c(Nc3ccc([N+](=O)[O-])cc3)n2)cc1. The maximum absolute atomic E-state index is 13.5. The third-order valence-corrected chi connectivity index (χ3v) is 4.42. The van der Waals surface area contributed by atoms with Crippen molar-refractivity contribution in [3.63, 3.8) is 0 Å². The number of nitro benzene ring substituents is 1. The maximum atomic E-state index is 13.5. The average molecular weight is 447 g/mol. The van der Waals surface area contributed by atoms with Gasteiger partial charge in [0.25, 0.3) is 5.69 Å². The van der Waals surface area contributed by atoms with E-state index in [0.717, 1.165) is 6.42 Å². The lowest BCUT2D eigenvalue weighted by molar-refractivity contribution is -0.384. The molecule has 0 spiro atoms. The molecular formula is C21H20F3N5O3. The number of ether oxygens (including phenoxy) is 1. The van der Waals surface area contributed by atoms with Gasteiger partial charge in [0.05, 0.1) is 11.5 Å². The Morgan fingerprint density at radius 1 is 1.12 bits per heavy atom. The van der Waals surface area contributed by atoms with E-state index >= 15 is 0 Å². The van der Waals surface area contributed by atoms with Crippen LogP contribution in [0.15, 0.2) is 54.7 Å². The van der Waals surface area contributed by atoms with Crippen molar-refractivity contribution in [3.05, 3.63) is 70.4 Å². The zero-order chi connectivity index (χ0) is 23.3. The maximum Gasteiger partial charge on any atom is 0.421 e. The third kappa shape index (κ3) is 5.42. The molecule has 0 radical (unpaired) electrons. The van der Waals surface area contributed by atoms with Crippen molar-refractivity contribution in [2.75, 3.05) is 23.9 Å². The molecule has 168 valence electrons. The standard InChI is InChI=1S/C21H20F3N5O3/c1-3-12-32-17-10-8-15(9-11-17)28(2)20-25-13-18(21(22,23)24)19(27-20)26-14-4-6-16(7-5-14)29(30)31/h4-11,13H,3,12H2,1-2H3,(H,25,26,27). The summed E-state index contributed by atoms with van der Waals surface area (Å²) in [7, 11) is 1.63. The van der Waals surface area contributed by atoms with Crippen LogP contribution >= 0.6 is 0 Å². The molecule has 1 aromatic heterocycles. The smallest absolute Gasteiger partial charge is 0.421 e. The fourth-order valence-corrected chi connectivity index (χ4v) is 2.74. The van der Waals surface area contributed by atoms with Crippen LogP contribution in [0.5, 0.6) is 5.75 Å². The van der Waals surface area contributed by atoms with Gasteiger partial charge >= 0.3 is 6.18 Å². The Kier molecular flexibility index (Phi) is 6.76. The molecule has 2 aromatic carbocycles. The van der Waals surface area contributed by atoms with E-state index in [1.807, 2.05) is 6.92 Å². The fourth-order valence-electron chi connectivity index (χ4n) is 2.74. The molecule has 0 fully saturated rings. The van der Waals surface area contributed by atoms with Gasteiger partial charge in [-0.15, -0.1) is 0 Å². The van der Waals surface area contributed by atoms with Crippen molar-refractivity contribution in [1.82, 2.24) is 9.97 Å². The molecule has 1 N–H and O–H groups in total. The molecule has 0 amide bonds. The van der Waals surface area contributed by atoms with Crippen LogP contribution in [0.2, 0.25) is 0 Å². The first-order chi connectivity index (χ1) is 15.2. The molecular weight excluding hydrogens is 427 g/mol. The Balaban J connectivity index is 1.90. The lowest BCUT2D eigenvalue weighted by atomic mass is 10.2. The highest BCUT2D eigenvalue weighted by atomic mass is 19.4. The first-order valence-electron chi connectivity index (χ1n) is 9.61. The largest absolute Gasteiger partial charge is 0.494 e. The lowest BCUT2D eigenvalue weighted by Crippen LogP contribution is -2.17. The fraction of sp³-hybridized carbons (Fsp3) is 0.238. The van der Waals surface area contributed by atoms with Crippen LogP contribution in [-0.2, 0) is 6.18 Å². The third-order valence-electron chi connectivity index (χ3n) is 4.42. The van der Waals surface area contributed by atoms with E-state index in [1.165, 1.54) is 29.2 Å². The molecule has 0 saturated carbocycles. The van der Waals surface area contributed by atoms with Crippen LogP contribution in [0.3, 0.4) is 0 Å². The van der Waals surface area contributed by atoms with Crippen LogP contribution in [0, 0.1) is 10.1 Å². The van der Waals surface area contributed by atoms with E-state index in [0.29, 0.717) is 24.2 Å². The van der Waals surface area contributed by atoms with E-state index in [-0.39, 0.29) is 17.3 Å². The summed E-state index contributed by atoms with van der Waals surface area (Å²) in [5.74, 6) is 0.244. The number of benzene rings is 2. The van der Waals surface area contributed by atoms with E-state index < -0.39 is 22.5 Å². The summed E-state index contributed by atoms with van der Waals surface area (Å²) in [6.45, 7) is 2.57. The van der Waals surface area contributed by atoms with Gasteiger partial charge in [-0.3, -0.25) is 10.1 Å². The lowest BCUT2D eigenvalue weighted by Gasteiger charge is -2.20. The number of nitro groups is 1. The highest BCUT2D eigenvalue weighted by molar-refractivity contribution is 5.64. The molecule has 1 heterocycles. The van der Waals surface area contributed by atoms with Crippen molar-refractivity contribution < 1.29 is 22.8 Å². The second kappa shape index (κ2) is 9.50. The predicted octanol–water partition coefficient (Wildman–Crippen LogP) is 5.70. The molecule has 0 unspecified atom stereocenters.